The first-order chi connectivity index (χ1) is 12.0. The third-order valence-electron chi connectivity index (χ3n) is 5.92. The second-order valence-electron chi connectivity index (χ2n) is 6.97. The van der Waals surface area contributed by atoms with E-state index in [0.29, 0.717) is 12.6 Å². The van der Waals surface area contributed by atoms with Gasteiger partial charge in [-0.25, -0.2) is 0 Å². The van der Waals surface area contributed by atoms with Crippen molar-refractivity contribution in [3.8, 4) is 5.75 Å². The molecule has 140 valence electrons. The average Bonchev–Trinajstić information content (AvgIpc) is 2.69. The molecule has 1 amide bonds. The fraction of sp³-hybridized carbons (Fsp3) is 0.650. The number of methoxy groups -OCH3 is 1. The molecule has 1 aromatic rings. The van der Waals surface area contributed by atoms with E-state index in [4.69, 9.17) is 10.5 Å². The zero-order valence-electron chi connectivity index (χ0n) is 16.1. The lowest BCUT2D eigenvalue weighted by Crippen LogP contribution is -2.55. The summed E-state index contributed by atoms with van der Waals surface area (Å²) in [6.45, 7) is 10.1. The van der Waals surface area contributed by atoms with Gasteiger partial charge < -0.3 is 15.4 Å². The molecule has 5 nitrogen and oxygen atoms in total. The second-order valence-corrected chi connectivity index (χ2v) is 6.97. The van der Waals surface area contributed by atoms with Crippen LogP contribution in [-0.2, 0) is 4.79 Å². The van der Waals surface area contributed by atoms with Gasteiger partial charge in [-0.3, -0.25) is 9.69 Å². The molecule has 0 saturated carbocycles. The van der Waals surface area contributed by atoms with Crippen molar-refractivity contribution in [2.24, 2.45) is 11.1 Å². The fourth-order valence-electron chi connectivity index (χ4n) is 3.69. The summed E-state index contributed by atoms with van der Waals surface area (Å²) in [5, 5.41) is 0. The topological polar surface area (TPSA) is 58.8 Å². The molecule has 1 aliphatic heterocycles. The second kappa shape index (κ2) is 8.68. The molecule has 2 rings (SSSR count). The van der Waals surface area contributed by atoms with Crippen molar-refractivity contribution in [1.82, 2.24) is 9.80 Å². The Morgan fingerprint density at radius 2 is 1.88 bits per heavy atom. The van der Waals surface area contributed by atoms with Crippen LogP contribution in [0.5, 0.6) is 5.75 Å². The van der Waals surface area contributed by atoms with Crippen LogP contribution < -0.4 is 10.5 Å². The van der Waals surface area contributed by atoms with Gasteiger partial charge in [-0.2, -0.15) is 0 Å². The number of amides is 1. The Morgan fingerprint density at radius 3 is 2.40 bits per heavy atom. The van der Waals surface area contributed by atoms with Gasteiger partial charge >= 0.3 is 0 Å². The summed E-state index contributed by atoms with van der Waals surface area (Å²) >= 11 is 0. The molecule has 0 aliphatic carbocycles. The van der Waals surface area contributed by atoms with Crippen molar-refractivity contribution in [1.29, 1.82) is 0 Å². The third-order valence-corrected chi connectivity index (χ3v) is 5.92. The molecular formula is C20H33N3O2. The van der Waals surface area contributed by atoms with E-state index in [9.17, 15) is 4.79 Å². The zero-order valence-corrected chi connectivity index (χ0v) is 16.1. The molecule has 0 spiro atoms. The van der Waals surface area contributed by atoms with Crippen LogP contribution in [0.25, 0.3) is 0 Å². The number of piperazine rings is 1. The summed E-state index contributed by atoms with van der Waals surface area (Å²) in [5.41, 5.74) is 6.80. The van der Waals surface area contributed by atoms with E-state index in [1.807, 2.05) is 17.0 Å². The molecule has 1 atom stereocenters. The normalized spacial score (nSPS) is 17.4. The Morgan fingerprint density at radius 1 is 1.24 bits per heavy atom. The number of carbonyl (C=O) groups is 1. The standard InChI is InChI=1S/C20H33N3O2/c1-5-20(6-2,15-21)19(24)23-12-10-22(11-13-23)16(3)17-8-7-9-18(14-17)25-4/h7-9,14,16H,5-6,10-13,15,21H2,1-4H3. The van der Waals surface area contributed by atoms with Gasteiger partial charge in [0.2, 0.25) is 5.91 Å². The van der Waals surface area contributed by atoms with E-state index in [1.165, 1.54) is 5.56 Å². The number of nitrogens with zero attached hydrogens (tertiary/aromatic N) is 2. The predicted octanol–water partition coefficient (Wildman–Crippen LogP) is 2.67. The molecule has 1 fully saturated rings. The van der Waals surface area contributed by atoms with Gasteiger partial charge in [0.25, 0.3) is 0 Å². The van der Waals surface area contributed by atoms with Crippen molar-refractivity contribution in [2.75, 3.05) is 39.8 Å². The van der Waals surface area contributed by atoms with Crippen LogP contribution in [0.4, 0.5) is 0 Å². The van der Waals surface area contributed by atoms with E-state index < -0.39 is 0 Å². The van der Waals surface area contributed by atoms with E-state index in [2.05, 4.69) is 37.8 Å². The van der Waals surface area contributed by atoms with Gasteiger partial charge in [-0.15, -0.1) is 0 Å². The monoisotopic (exact) mass is 347 g/mol. The molecule has 0 radical (unpaired) electrons. The summed E-state index contributed by atoms with van der Waals surface area (Å²) in [6, 6.07) is 8.54. The number of nitrogens with two attached hydrogens (primary N) is 1. The molecule has 0 aromatic heterocycles. The smallest absolute Gasteiger partial charge is 0.230 e. The van der Waals surface area contributed by atoms with Crippen LogP contribution in [0.2, 0.25) is 0 Å². The summed E-state index contributed by atoms with van der Waals surface area (Å²) in [7, 11) is 1.69. The summed E-state index contributed by atoms with van der Waals surface area (Å²) in [4.78, 5) is 17.4. The Balaban J connectivity index is 2.00. The molecule has 0 bridgehead atoms. The van der Waals surface area contributed by atoms with Crippen LogP contribution in [0, 0.1) is 5.41 Å². The number of hydrogen-bond acceptors (Lipinski definition) is 4. The van der Waals surface area contributed by atoms with Gasteiger partial charge in [0.05, 0.1) is 12.5 Å². The van der Waals surface area contributed by atoms with E-state index in [-0.39, 0.29) is 11.3 Å². The van der Waals surface area contributed by atoms with Gasteiger partial charge in [0.1, 0.15) is 5.75 Å². The van der Waals surface area contributed by atoms with Gasteiger partial charge in [0, 0.05) is 38.8 Å². The van der Waals surface area contributed by atoms with Crippen LogP contribution in [-0.4, -0.2) is 55.5 Å². The Labute approximate surface area is 152 Å². The number of hydrogen-bond donors (Lipinski definition) is 1. The molecule has 25 heavy (non-hydrogen) atoms. The lowest BCUT2D eigenvalue weighted by Gasteiger charge is -2.42. The maximum absolute atomic E-state index is 13.0. The highest BCUT2D eigenvalue weighted by molar-refractivity contribution is 5.83. The first kappa shape index (κ1) is 19.7. The lowest BCUT2D eigenvalue weighted by molar-refractivity contribution is -0.144. The van der Waals surface area contributed by atoms with Crippen molar-refractivity contribution < 1.29 is 9.53 Å². The predicted molar refractivity (Wildman–Crippen MR) is 102 cm³/mol. The van der Waals surface area contributed by atoms with Crippen molar-refractivity contribution in [2.45, 2.75) is 39.7 Å². The largest absolute Gasteiger partial charge is 0.497 e. The minimum absolute atomic E-state index is 0.230. The number of benzene rings is 1. The molecule has 1 heterocycles. The fourth-order valence-corrected chi connectivity index (χ4v) is 3.69. The molecule has 1 aliphatic rings. The number of rotatable bonds is 7. The Kier molecular flexibility index (Phi) is 6.85. The van der Waals surface area contributed by atoms with E-state index in [1.54, 1.807) is 7.11 Å². The van der Waals surface area contributed by atoms with E-state index >= 15 is 0 Å². The van der Waals surface area contributed by atoms with Crippen LogP contribution in [0.1, 0.15) is 45.2 Å². The molecule has 1 saturated heterocycles. The zero-order chi connectivity index (χ0) is 18.4. The van der Waals surface area contributed by atoms with Crippen LogP contribution >= 0.6 is 0 Å². The van der Waals surface area contributed by atoms with Crippen molar-refractivity contribution >= 4 is 5.91 Å². The Hall–Kier alpha value is -1.59. The van der Waals surface area contributed by atoms with Gasteiger partial charge in [-0.1, -0.05) is 26.0 Å². The van der Waals surface area contributed by atoms with Crippen molar-refractivity contribution in [3.63, 3.8) is 0 Å². The molecule has 5 heteroatoms. The highest BCUT2D eigenvalue weighted by Gasteiger charge is 2.38. The lowest BCUT2D eigenvalue weighted by atomic mass is 9.80. The van der Waals surface area contributed by atoms with Crippen LogP contribution in [0.3, 0.4) is 0 Å². The highest BCUT2D eigenvalue weighted by Crippen LogP contribution is 2.30. The minimum atomic E-state index is -0.388. The van der Waals surface area contributed by atoms with Crippen LogP contribution in [0.15, 0.2) is 24.3 Å². The van der Waals surface area contributed by atoms with Gasteiger partial charge in [0.15, 0.2) is 0 Å². The summed E-state index contributed by atoms with van der Waals surface area (Å²) < 4.78 is 5.33. The Bertz CT molecular complexity index is 556. The first-order valence-corrected chi connectivity index (χ1v) is 9.38. The maximum Gasteiger partial charge on any atom is 0.230 e. The molecule has 2 N–H and O–H groups in total. The molecule has 1 aromatic carbocycles. The summed E-state index contributed by atoms with van der Waals surface area (Å²) in [5.74, 6) is 1.12. The third kappa shape index (κ3) is 4.15. The van der Waals surface area contributed by atoms with E-state index in [0.717, 1.165) is 44.8 Å². The first-order valence-electron chi connectivity index (χ1n) is 9.38. The maximum atomic E-state index is 13.0. The molecular weight excluding hydrogens is 314 g/mol. The number of carbonyl (C=O) groups excluding carboxylic acids is 1. The number of ether oxygens (including phenoxy) is 1. The van der Waals surface area contributed by atoms with Gasteiger partial charge in [-0.05, 0) is 37.5 Å². The quantitative estimate of drug-likeness (QED) is 0.824. The SMILES string of the molecule is CCC(CC)(CN)C(=O)N1CCN(C(C)c2cccc(OC)c2)CC1. The molecule has 1 unspecified atom stereocenters. The van der Waals surface area contributed by atoms with Crippen molar-refractivity contribution in [3.05, 3.63) is 29.8 Å². The summed E-state index contributed by atoms with van der Waals surface area (Å²) in [6.07, 6.45) is 1.61. The highest BCUT2D eigenvalue weighted by atomic mass is 16.5. The minimum Gasteiger partial charge on any atom is -0.497 e. The average molecular weight is 348 g/mol.